The van der Waals surface area contributed by atoms with Gasteiger partial charge in [0.05, 0.1) is 5.69 Å². The monoisotopic (exact) mass is 419 g/mol. The highest BCUT2D eigenvalue weighted by atomic mass is 79.9. The number of likely N-dealkylation sites (tertiary alicyclic amines) is 1. The Morgan fingerprint density at radius 3 is 3.16 bits per heavy atom. The van der Waals surface area contributed by atoms with E-state index in [2.05, 4.69) is 32.9 Å². The van der Waals surface area contributed by atoms with Crippen LogP contribution >= 0.6 is 27.3 Å². The fourth-order valence-corrected chi connectivity index (χ4v) is 7.37. The Hall–Kier alpha value is -1.31. The lowest BCUT2D eigenvalue weighted by Crippen LogP contribution is -2.62. The van der Waals surface area contributed by atoms with Crippen molar-refractivity contribution in [3.63, 3.8) is 0 Å². The second kappa shape index (κ2) is 4.50. The maximum atomic E-state index is 10.6. The predicted molar refractivity (Wildman–Crippen MR) is 99.3 cm³/mol. The van der Waals surface area contributed by atoms with Crippen LogP contribution in [0.1, 0.15) is 34.2 Å². The van der Waals surface area contributed by atoms with Crippen molar-refractivity contribution in [3.05, 3.63) is 32.2 Å². The van der Waals surface area contributed by atoms with Gasteiger partial charge in [0.15, 0.2) is 22.7 Å². The molecule has 5 nitrogen and oxygen atoms in total. The number of phenolic OH excluding ortho intramolecular Hbond substituents is 1. The Morgan fingerprint density at radius 1 is 1.48 bits per heavy atom. The van der Waals surface area contributed by atoms with E-state index >= 15 is 0 Å². The van der Waals surface area contributed by atoms with Gasteiger partial charge >= 0.3 is 0 Å². The highest BCUT2D eigenvalue weighted by molar-refractivity contribution is 9.10. The number of hydrogen-bond acceptors (Lipinski definition) is 6. The molecule has 7 heteroatoms. The second-order valence-electron chi connectivity index (χ2n) is 7.77. The average Bonchev–Trinajstić information content (AvgIpc) is 3.09. The molecule has 2 aromatic rings. The van der Waals surface area contributed by atoms with Gasteiger partial charge in [0.1, 0.15) is 0 Å². The fourth-order valence-electron chi connectivity index (χ4n) is 5.88. The quantitative estimate of drug-likeness (QED) is 0.686. The molecular formula is C18H18BrN3O2S. The molecule has 1 aromatic carbocycles. The summed E-state index contributed by atoms with van der Waals surface area (Å²) in [4.78, 5) is 8.41. The number of piperidine rings is 1. The number of halogens is 1. The van der Waals surface area contributed by atoms with Gasteiger partial charge in [0, 0.05) is 26.4 Å². The Morgan fingerprint density at radius 2 is 2.32 bits per heavy atom. The Labute approximate surface area is 157 Å². The molecule has 0 unspecified atom stereocenters. The van der Waals surface area contributed by atoms with Gasteiger partial charge in [-0.15, -0.1) is 11.3 Å². The van der Waals surface area contributed by atoms with Crippen LogP contribution in [-0.2, 0) is 18.3 Å². The number of thiazole rings is 1. The molecule has 2 bridgehead atoms. The lowest BCUT2D eigenvalue weighted by molar-refractivity contribution is -0.0250. The smallest absolute Gasteiger partial charge is 0.180 e. The molecule has 3 N–H and O–H groups in total. The van der Waals surface area contributed by atoms with Crippen LogP contribution in [0.5, 0.6) is 11.5 Å². The van der Waals surface area contributed by atoms with Crippen molar-refractivity contribution >= 4 is 32.4 Å². The van der Waals surface area contributed by atoms with E-state index in [4.69, 9.17) is 10.5 Å². The van der Waals surface area contributed by atoms with Crippen LogP contribution in [0, 0.1) is 5.92 Å². The van der Waals surface area contributed by atoms with E-state index in [9.17, 15) is 5.11 Å². The Bertz CT molecular complexity index is 945. The first-order chi connectivity index (χ1) is 12.0. The van der Waals surface area contributed by atoms with Crippen molar-refractivity contribution in [1.29, 1.82) is 0 Å². The van der Waals surface area contributed by atoms with E-state index in [0.29, 0.717) is 22.8 Å². The maximum Gasteiger partial charge on any atom is 0.180 e. The minimum absolute atomic E-state index is 0.0884. The summed E-state index contributed by atoms with van der Waals surface area (Å²) in [5.41, 5.74) is 9.49. The van der Waals surface area contributed by atoms with Crippen LogP contribution in [0.4, 0.5) is 5.13 Å². The highest BCUT2D eigenvalue weighted by Gasteiger charge is 2.65. The molecule has 6 rings (SSSR count). The Kier molecular flexibility index (Phi) is 2.67. The number of rotatable bonds is 0. The molecule has 4 aliphatic rings. The molecule has 2 aliphatic carbocycles. The van der Waals surface area contributed by atoms with Crippen LogP contribution in [0.3, 0.4) is 0 Å². The molecule has 1 fully saturated rings. The molecule has 130 valence electrons. The van der Waals surface area contributed by atoms with Gasteiger partial charge in [0.25, 0.3) is 0 Å². The molecule has 0 radical (unpaired) electrons. The fraction of sp³-hybridized carbons (Fsp3) is 0.500. The van der Waals surface area contributed by atoms with Gasteiger partial charge in [-0.05, 0) is 50.4 Å². The maximum absolute atomic E-state index is 10.6. The number of hydrogen-bond donors (Lipinski definition) is 2. The second-order valence-corrected chi connectivity index (χ2v) is 9.74. The summed E-state index contributed by atoms with van der Waals surface area (Å²) in [7, 11) is 2.24. The van der Waals surface area contributed by atoms with E-state index in [0.717, 1.165) is 36.0 Å². The van der Waals surface area contributed by atoms with Gasteiger partial charge in [-0.2, -0.15) is 0 Å². The van der Waals surface area contributed by atoms with Crippen LogP contribution in [0.25, 0.3) is 0 Å². The number of fused-ring (bicyclic) bond motifs is 2. The molecule has 3 heterocycles. The summed E-state index contributed by atoms with van der Waals surface area (Å²) in [5, 5.41) is 11.2. The first-order valence-corrected chi connectivity index (χ1v) is 10.3. The van der Waals surface area contributed by atoms with Crippen molar-refractivity contribution in [1.82, 2.24) is 9.88 Å². The Balaban J connectivity index is 1.71. The summed E-state index contributed by atoms with van der Waals surface area (Å²) >= 11 is 5.29. The third-order valence-electron chi connectivity index (χ3n) is 6.86. The molecule has 1 spiro atoms. The molecule has 25 heavy (non-hydrogen) atoms. The highest BCUT2D eigenvalue weighted by Crippen LogP contribution is 2.68. The van der Waals surface area contributed by atoms with Crippen molar-refractivity contribution in [2.24, 2.45) is 5.92 Å². The number of phenols is 1. The molecule has 0 saturated carbocycles. The minimum Gasteiger partial charge on any atom is -0.504 e. The predicted octanol–water partition coefficient (Wildman–Crippen LogP) is 3.00. The number of likely N-dealkylation sites (N-methyl/N-ethyl adjacent to an activating group) is 1. The third kappa shape index (κ3) is 1.57. The van der Waals surface area contributed by atoms with Gasteiger partial charge in [0.2, 0.25) is 0 Å². The third-order valence-corrected chi connectivity index (χ3v) is 8.49. The molecule has 1 aromatic heterocycles. The molecule has 1 saturated heterocycles. The first kappa shape index (κ1) is 14.8. The van der Waals surface area contributed by atoms with Gasteiger partial charge < -0.3 is 20.5 Å². The molecule has 4 atom stereocenters. The summed E-state index contributed by atoms with van der Waals surface area (Å²) in [5.74, 6) is 1.39. The first-order valence-electron chi connectivity index (χ1n) is 8.67. The lowest BCUT2D eigenvalue weighted by Gasteiger charge is -2.57. The SMILES string of the molecule is CN1CC[C@]23c4c5c(Br)cc(O)c4O[C@H]2c2nc(N)sc2C[C@H]3[C@@H]1C5. The normalized spacial score (nSPS) is 34.4. The summed E-state index contributed by atoms with van der Waals surface area (Å²) < 4.78 is 7.43. The van der Waals surface area contributed by atoms with E-state index in [1.165, 1.54) is 16.0 Å². The van der Waals surface area contributed by atoms with Crippen molar-refractivity contribution < 1.29 is 9.84 Å². The number of nitrogens with two attached hydrogens (primary N) is 1. The number of aromatic hydroxyl groups is 1. The largest absolute Gasteiger partial charge is 0.504 e. The zero-order chi connectivity index (χ0) is 17.1. The van der Waals surface area contributed by atoms with Crippen LogP contribution in [0.15, 0.2) is 10.5 Å². The summed E-state index contributed by atoms with van der Waals surface area (Å²) in [6.07, 6.45) is 2.90. The van der Waals surface area contributed by atoms with E-state index < -0.39 is 0 Å². The van der Waals surface area contributed by atoms with Crippen molar-refractivity contribution in [2.45, 2.75) is 36.8 Å². The summed E-state index contributed by atoms with van der Waals surface area (Å²) in [6, 6.07) is 2.27. The number of nitrogen functional groups attached to an aromatic ring is 1. The van der Waals surface area contributed by atoms with E-state index in [1.54, 1.807) is 17.4 Å². The van der Waals surface area contributed by atoms with Crippen molar-refractivity contribution in [2.75, 3.05) is 19.3 Å². The lowest BCUT2D eigenvalue weighted by atomic mass is 9.52. The average molecular weight is 420 g/mol. The van der Waals surface area contributed by atoms with Gasteiger partial charge in [-0.1, -0.05) is 15.9 Å². The van der Waals surface area contributed by atoms with Crippen LogP contribution in [-0.4, -0.2) is 34.6 Å². The van der Waals surface area contributed by atoms with E-state index in [1.807, 2.05) is 0 Å². The van der Waals surface area contributed by atoms with Gasteiger partial charge in [-0.25, -0.2) is 4.98 Å². The molecule has 0 amide bonds. The zero-order valence-electron chi connectivity index (χ0n) is 13.8. The number of nitrogens with zero attached hydrogens (tertiary/aromatic N) is 2. The number of aromatic nitrogens is 1. The number of ether oxygens (including phenoxy) is 1. The molecule has 2 aliphatic heterocycles. The summed E-state index contributed by atoms with van der Waals surface area (Å²) in [6.45, 7) is 1.04. The van der Waals surface area contributed by atoms with Crippen LogP contribution in [0.2, 0.25) is 0 Å². The van der Waals surface area contributed by atoms with E-state index in [-0.39, 0.29) is 17.3 Å². The molecular weight excluding hydrogens is 402 g/mol. The van der Waals surface area contributed by atoms with Crippen molar-refractivity contribution in [3.8, 4) is 11.5 Å². The number of benzene rings is 1. The topological polar surface area (TPSA) is 71.6 Å². The minimum atomic E-state index is -0.125. The number of anilines is 1. The van der Waals surface area contributed by atoms with Crippen LogP contribution < -0.4 is 10.5 Å². The zero-order valence-corrected chi connectivity index (χ0v) is 16.2. The van der Waals surface area contributed by atoms with Gasteiger partial charge in [-0.3, -0.25) is 0 Å². The standard InChI is InChI=1S/C18H18BrN3O2S/c1-22-3-2-18-8-5-12-14(21-17(20)25-12)16(18)24-15-11(23)6-9(19)7(13(15)18)4-10(8)22/h6,8,10,16,23H,2-5H2,1H3,(H2,20,21)/t8-,10-,16-,18-/m0/s1.